The minimum absolute atomic E-state index is 0.0434. The number of oxazole rings is 1. The molecule has 4 heteroatoms. The van der Waals surface area contributed by atoms with Gasteiger partial charge < -0.3 is 4.42 Å². The SMILES string of the molecule is CC(=O)/C(C#N)=C/c1nc(C)co1. The molecule has 0 fully saturated rings. The minimum atomic E-state index is -0.293. The highest BCUT2D eigenvalue weighted by Gasteiger charge is 2.04. The standard InChI is InChI=1S/C9H8N2O2/c1-6-5-13-9(11-6)3-8(4-10)7(2)12/h3,5H,1-2H3/b8-3+. The Balaban J connectivity index is 3.00. The molecular formula is C9H8N2O2. The molecule has 0 atom stereocenters. The number of carbonyl (C=O) groups is 1. The van der Waals surface area contributed by atoms with Crippen molar-refractivity contribution in [2.24, 2.45) is 0 Å². The van der Waals surface area contributed by atoms with Gasteiger partial charge in [0.15, 0.2) is 5.78 Å². The molecule has 13 heavy (non-hydrogen) atoms. The average molecular weight is 176 g/mol. The molecule has 66 valence electrons. The fourth-order valence-electron chi connectivity index (χ4n) is 0.775. The Morgan fingerprint density at radius 2 is 2.46 bits per heavy atom. The average Bonchev–Trinajstić information content (AvgIpc) is 2.46. The molecule has 0 saturated heterocycles. The predicted octanol–water partition coefficient (Wildman–Crippen LogP) is 1.48. The van der Waals surface area contributed by atoms with E-state index in [1.165, 1.54) is 19.3 Å². The summed E-state index contributed by atoms with van der Waals surface area (Å²) in [6, 6.07) is 1.77. The van der Waals surface area contributed by atoms with E-state index in [1.54, 1.807) is 13.0 Å². The number of ketones is 1. The maximum absolute atomic E-state index is 10.8. The van der Waals surface area contributed by atoms with Crippen LogP contribution >= 0.6 is 0 Å². The lowest BCUT2D eigenvalue weighted by Crippen LogP contribution is -1.92. The third-order valence-corrected chi connectivity index (χ3v) is 1.40. The van der Waals surface area contributed by atoms with E-state index in [9.17, 15) is 4.79 Å². The summed E-state index contributed by atoms with van der Waals surface area (Å²) in [5.74, 6) is -0.0115. The van der Waals surface area contributed by atoms with Crippen molar-refractivity contribution in [3.8, 4) is 6.07 Å². The normalized spacial score (nSPS) is 11.0. The monoisotopic (exact) mass is 176 g/mol. The maximum Gasteiger partial charge on any atom is 0.220 e. The third-order valence-electron chi connectivity index (χ3n) is 1.40. The molecule has 0 N–H and O–H groups in total. The molecule has 0 saturated carbocycles. The quantitative estimate of drug-likeness (QED) is 0.505. The van der Waals surface area contributed by atoms with E-state index in [0.29, 0.717) is 5.69 Å². The van der Waals surface area contributed by atoms with Gasteiger partial charge in [0.1, 0.15) is 17.9 Å². The van der Waals surface area contributed by atoms with Crippen molar-refractivity contribution in [3.63, 3.8) is 0 Å². The molecule has 0 amide bonds. The molecule has 1 aromatic heterocycles. The number of nitrogens with zero attached hydrogens (tertiary/aromatic N) is 2. The van der Waals surface area contributed by atoms with Crippen LogP contribution < -0.4 is 0 Å². The van der Waals surface area contributed by atoms with E-state index >= 15 is 0 Å². The number of Topliss-reactive ketones (excluding diaryl/α,β-unsaturated/α-hetero) is 1. The molecule has 1 heterocycles. The summed E-state index contributed by atoms with van der Waals surface area (Å²) in [5, 5.41) is 8.56. The van der Waals surface area contributed by atoms with E-state index in [2.05, 4.69) is 4.98 Å². The van der Waals surface area contributed by atoms with Gasteiger partial charge in [0, 0.05) is 6.08 Å². The number of aryl methyl sites for hydroxylation is 1. The summed E-state index contributed by atoms with van der Waals surface area (Å²) in [4.78, 5) is 14.8. The Bertz CT molecular complexity index is 396. The second-order valence-corrected chi connectivity index (χ2v) is 2.55. The van der Waals surface area contributed by atoms with Gasteiger partial charge in [-0.05, 0) is 13.8 Å². The molecule has 4 nitrogen and oxygen atoms in total. The van der Waals surface area contributed by atoms with Crippen molar-refractivity contribution in [1.29, 1.82) is 5.26 Å². The summed E-state index contributed by atoms with van der Waals surface area (Å²) < 4.78 is 4.96. The molecule has 0 aromatic carbocycles. The fraction of sp³-hybridized carbons (Fsp3) is 0.222. The molecule has 1 aromatic rings. The highest BCUT2D eigenvalue weighted by Crippen LogP contribution is 2.06. The van der Waals surface area contributed by atoms with Crippen LogP contribution in [0.4, 0.5) is 0 Å². The van der Waals surface area contributed by atoms with E-state index < -0.39 is 0 Å². The molecule has 1 rings (SSSR count). The first-order valence-corrected chi connectivity index (χ1v) is 3.68. The largest absolute Gasteiger partial charge is 0.445 e. The predicted molar refractivity (Wildman–Crippen MR) is 45.5 cm³/mol. The summed E-state index contributed by atoms with van der Waals surface area (Å²) in [7, 11) is 0. The zero-order valence-electron chi connectivity index (χ0n) is 7.37. The van der Waals surface area contributed by atoms with E-state index in [-0.39, 0.29) is 17.2 Å². The lowest BCUT2D eigenvalue weighted by molar-refractivity contribution is -0.113. The molecule has 0 aliphatic rings. The van der Waals surface area contributed by atoms with Gasteiger partial charge >= 0.3 is 0 Å². The smallest absolute Gasteiger partial charge is 0.220 e. The second kappa shape index (κ2) is 3.68. The van der Waals surface area contributed by atoms with Crippen LogP contribution in [-0.4, -0.2) is 10.8 Å². The number of nitriles is 1. The van der Waals surface area contributed by atoms with Crippen LogP contribution in [0.2, 0.25) is 0 Å². The van der Waals surface area contributed by atoms with E-state index in [1.807, 2.05) is 0 Å². The number of rotatable bonds is 2. The topological polar surface area (TPSA) is 66.9 Å². The highest BCUT2D eigenvalue weighted by molar-refractivity contribution is 6.01. The summed E-state index contributed by atoms with van der Waals surface area (Å²) in [6.45, 7) is 3.09. The summed E-state index contributed by atoms with van der Waals surface area (Å²) >= 11 is 0. The first-order valence-electron chi connectivity index (χ1n) is 3.68. The third kappa shape index (κ3) is 2.27. The number of hydrogen-bond acceptors (Lipinski definition) is 4. The van der Waals surface area contributed by atoms with Gasteiger partial charge in [-0.25, -0.2) is 4.98 Å². The first kappa shape index (κ1) is 9.20. The van der Waals surface area contributed by atoms with Gasteiger partial charge in [0.25, 0.3) is 0 Å². The zero-order chi connectivity index (χ0) is 9.84. The Labute approximate surface area is 75.5 Å². The summed E-state index contributed by atoms with van der Waals surface area (Å²) in [5.41, 5.74) is 0.758. The minimum Gasteiger partial charge on any atom is -0.445 e. The van der Waals surface area contributed by atoms with Crippen LogP contribution in [0.15, 0.2) is 16.3 Å². The van der Waals surface area contributed by atoms with Crippen LogP contribution in [0, 0.1) is 18.3 Å². The molecular weight excluding hydrogens is 168 g/mol. The van der Waals surface area contributed by atoms with E-state index in [0.717, 1.165) is 0 Å². The summed E-state index contributed by atoms with van der Waals surface area (Å²) in [6.07, 6.45) is 2.79. The van der Waals surface area contributed by atoms with Crippen LogP contribution in [0.1, 0.15) is 18.5 Å². The Hall–Kier alpha value is -1.89. The van der Waals surface area contributed by atoms with Gasteiger partial charge in [-0.2, -0.15) is 5.26 Å². The number of carbonyl (C=O) groups excluding carboxylic acids is 1. The van der Waals surface area contributed by atoms with Crippen LogP contribution in [0.3, 0.4) is 0 Å². The first-order chi connectivity index (χ1) is 6.13. The van der Waals surface area contributed by atoms with Gasteiger partial charge in [0.2, 0.25) is 5.89 Å². The van der Waals surface area contributed by atoms with Crippen LogP contribution in [0.5, 0.6) is 0 Å². The van der Waals surface area contributed by atoms with Crippen LogP contribution in [0.25, 0.3) is 6.08 Å². The molecule has 0 unspecified atom stereocenters. The van der Waals surface area contributed by atoms with Crippen molar-refractivity contribution < 1.29 is 9.21 Å². The van der Waals surface area contributed by atoms with Crippen molar-refractivity contribution in [2.45, 2.75) is 13.8 Å². The lowest BCUT2D eigenvalue weighted by Gasteiger charge is -1.86. The van der Waals surface area contributed by atoms with Crippen molar-refractivity contribution in [1.82, 2.24) is 4.98 Å². The molecule has 0 aliphatic carbocycles. The Morgan fingerprint density at radius 3 is 2.85 bits per heavy atom. The van der Waals surface area contributed by atoms with Crippen molar-refractivity contribution in [3.05, 3.63) is 23.4 Å². The van der Waals surface area contributed by atoms with Gasteiger partial charge in [-0.15, -0.1) is 0 Å². The molecule has 0 radical (unpaired) electrons. The number of allylic oxidation sites excluding steroid dienone is 1. The maximum atomic E-state index is 10.8. The molecule has 0 bridgehead atoms. The Kier molecular flexibility index (Phi) is 2.60. The van der Waals surface area contributed by atoms with Crippen molar-refractivity contribution in [2.75, 3.05) is 0 Å². The van der Waals surface area contributed by atoms with Gasteiger partial charge in [-0.3, -0.25) is 4.79 Å². The second-order valence-electron chi connectivity index (χ2n) is 2.55. The molecule has 0 spiro atoms. The molecule has 0 aliphatic heterocycles. The van der Waals surface area contributed by atoms with Crippen molar-refractivity contribution >= 4 is 11.9 Å². The number of hydrogen-bond donors (Lipinski definition) is 0. The highest BCUT2D eigenvalue weighted by atomic mass is 16.3. The Morgan fingerprint density at radius 1 is 1.77 bits per heavy atom. The fourth-order valence-corrected chi connectivity index (χ4v) is 0.775. The van der Waals surface area contributed by atoms with E-state index in [4.69, 9.17) is 9.68 Å². The van der Waals surface area contributed by atoms with Gasteiger partial charge in [0.05, 0.1) is 5.69 Å². The lowest BCUT2D eigenvalue weighted by atomic mass is 10.2. The van der Waals surface area contributed by atoms with Gasteiger partial charge in [-0.1, -0.05) is 0 Å². The zero-order valence-corrected chi connectivity index (χ0v) is 7.37. The number of aromatic nitrogens is 1. The van der Waals surface area contributed by atoms with Crippen LogP contribution in [-0.2, 0) is 4.79 Å².